The van der Waals surface area contributed by atoms with Crippen LogP contribution in [0.5, 0.6) is 0 Å². The van der Waals surface area contributed by atoms with E-state index in [9.17, 15) is 4.79 Å². The Labute approximate surface area is 181 Å². The molecule has 3 aromatic rings. The molecule has 1 aliphatic heterocycles. The monoisotopic (exact) mass is 416 g/mol. The maximum absolute atomic E-state index is 12.5. The fraction of sp³-hybridized carbons (Fsp3) is 0.192. The van der Waals surface area contributed by atoms with E-state index in [0.717, 1.165) is 16.7 Å². The quantitative estimate of drug-likeness (QED) is 0.371. The van der Waals surface area contributed by atoms with Gasteiger partial charge in [-0.2, -0.15) is 0 Å². The molecule has 3 aromatic carbocycles. The van der Waals surface area contributed by atoms with Gasteiger partial charge in [0.15, 0.2) is 18.0 Å². The minimum atomic E-state index is -0.865. The Kier molecular flexibility index (Phi) is 7.11. The van der Waals surface area contributed by atoms with Crippen LogP contribution in [0.1, 0.15) is 16.7 Å². The van der Waals surface area contributed by atoms with Gasteiger partial charge < -0.3 is 18.9 Å². The third kappa shape index (κ3) is 5.81. The number of esters is 1. The molecule has 0 spiro atoms. The van der Waals surface area contributed by atoms with Crippen LogP contribution in [0, 0.1) is 0 Å². The summed E-state index contributed by atoms with van der Waals surface area (Å²) in [5, 5.41) is 0. The van der Waals surface area contributed by atoms with Gasteiger partial charge in [0, 0.05) is 0 Å². The van der Waals surface area contributed by atoms with Crippen LogP contribution < -0.4 is 0 Å². The Hall–Kier alpha value is -3.41. The maximum atomic E-state index is 12.5. The molecular formula is C26H24O5. The molecular weight excluding hydrogens is 392 g/mol. The number of hydrogen-bond donors (Lipinski definition) is 0. The second-order valence-corrected chi connectivity index (χ2v) is 7.17. The van der Waals surface area contributed by atoms with Crippen LogP contribution in [0.3, 0.4) is 0 Å². The highest BCUT2D eigenvalue weighted by Crippen LogP contribution is 2.27. The van der Waals surface area contributed by atoms with Crippen LogP contribution in [-0.2, 0) is 43.6 Å². The highest BCUT2D eigenvalue weighted by atomic mass is 16.6. The summed E-state index contributed by atoms with van der Waals surface area (Å²) in [6.07, 6.45) is -0.102. The van der Waals surface area contributed by atoms with Crippen molar-refractivity contribution in [1.29, 1.82) is 0 Å². The lowest BCUT2D eigenvalue weighted by Gasteiger charge is -2.17. The Morgan fingerprint density at radius 1 is 0.645 bits per heavy atom. The molecule has 0 bridgehead atoms. The van der Waals surface area contributed by atoms with Crippen molar-refractivity contribution in [3.63, 3.8) is 0 Å². The normalized spacial score (nSPS) is 19.4. The summed E-state index contributed by atoms with van der Waals surface area (Å²) in [5.41, 5.74) is 2.98. The van der Waals surface area contributed by atoms with Crippen molar-refractivity contribution in [2.45, 2.75) is 32.0 Å². The lowest BCUT2D eigenvalue weighted by Crippen LogP contribution is -2.32. The van der Waals surface area contributed by atoms with E-state index in [1.165, 1.54) is 6.26 Å². The zero-order valence-electron chi connectivity index (χ0n) is 17.1. The van der Waals surface area contributed by atoms with Crippen LogP contribution in [-0.4, -0.2) is 18.2 Å². The van der Waals surface area contributed by atoms with E-state index < -0.39 is 18.2 Å². The van der Waals surface area contributed by atoms with Crippen molar-refractivity contribution in [3.05, 3.63) is 120 Å². The predicted octanol–water partition coefficient (Wildman–Crippen LogP) is 4.77. The highest BCUT2D eigenvalue weighted by Gasteiger charge is 2.44. The smallest absolute Gasteiger partial charge is 0.343 e. The number of benzene rings is 3. The van der Waals surface area contributed by atoms with E-state index >= 15 is 0 Å². The molecule has 1 unspecified atom stereocenters. The molecule has 1 fully saturated rings. The van der Waals surface area contributed by atoms with Gasteiger partial charge in [0.1, 0.15) is 12.9 Å². The second kappa shape index (κ2) is 10.6. The lowest BCUT2D eigenvalue weighted by molar-refractivity contribution is -0.149. The summed E-state index contributed by atoms with van der Waals surface area (Å²) < 4.78 is 23.1. The first kappa shape index (κ1) is 20.8. The number of carbonyl (C=O) groups is 1. The molecule has 0 N–H and O–H groups in total. The summed E-state index contributed by atoms with van der Waals surface area (Å²) in [7, 11) is 0. The third-order valence-electron chi connectivity index (χ3n) is 4.84. The van der Waals surface area contributed by atoms with Gasteiger partial charge in [-0.05, 0) is 16.7 Å². The first-order chi connectivity index (χ1) is 15.3. The predicted molar refractivity (Wildman–Crippen MR) is 115 cm³/mol. The van der Waals surface area contributed by atoms with Gasteiger partial charge in [-0.15, -0.1) is 0 Å². The molecule has 1 saturated heterocycles. The molecule has 0 aliphatic carbocycles. The second-order valence-electron chi connectivity index (χ2n) is 7.17. The minimum Gasteiger partial charge on any atom is -0.493 e. The van der Waals surface area contributed by atoms with Crippen molar-refractivity contribution in [2.24, 2.45) is 0 Å². The van der Waals surface area contributed by atoms with E-state index in [1.54, 1.807) is 0 Å². The Bertz CT molecular complexity index is 986. The van der Waals surface area contributed by atoms with Gasteiger partial charge in [0.25, 0.3) is 0 Å². The van der Waals surface area contributed by atoms with Crippen LogP contribution in [0.4, 0.5) is 0 Å². The Morgan fingerprint density at radius 2 is 1.10 bits per heavy atom. The molecule has 1 heterocycles. The molecule has 158 valence electrons. The van der Waals surface area contributed by atoms with Crippen LogP contribution in [0.15, 0.2) is 103 Å². The molecule has 0 aromatic heterocycles. The van der Waals surface area contributed by atoms with Crippen LogP contribution >= 0.6 is 0 Å². The third-order valence-corrected chi connectivity index (χ3v) is 4.84. The number of hydrogen-bond acceptors (Lipinski definition) is 5. The van der Waals surface area contributed by atoms with E-state index in [4.69, 9.17) is 18.9 Å². The SMILES string of the molecule is O=C1O/C(=C/OCc2ccccc2)[C@@H](OCc2ccccc2)C1OCc1ccccc1. The summed E-state index contributed by atoms with van der Waals surface area (Å²) in [6, 6.07) is 29.2. The zero-order valence-corrected chi connectivity index (χ0v) is 17.1. The standard InChI is InChI=1S/C26H24O5/c27-26-25(30-18-22-14-8-3-9-15-22)24(29-17-21-12-6-2-7-13-21)23(31-26)19-28-16-20-10-4-1-5-11-20/h1-15,19,24-25H,16-18H2/b23-19+/t24-,25?/m1/s1. The van der Waals surface area contributed by atoms with Gasteiger partial charge in [-0.1, -0.05) is 91.0 Å². The Morgan fingerprint density at radius 3 is 1.61 bits per heavy atom. The molecule has 5 heteroatoms. The van der Waals surface area contributed by atoms with Gasteiger partial charge in [-0.25, -0.2) is 4.79 Å². The number of rotatable bonds is 9. The summed E-state index contributed by atoms with van der Waals surface area (Å²) in [4.78, 5) is 12.5. The highest BCUT2D eigenvalue weighted by molar-refractivity contribution is 5.80. The van der Waals surface area contributed by atoms with E-state index in [2.05, 4.69) is 0 Å². The summed E-state index contributed by atoms with van der Waals surface area (Å²) in [5.74, 6) is -0.168. The van der Waals surface area contributed by atoms with E-state index in [1.807, 2.05) is 91.0 Å². The fourth-order valence-electron chi connectivity index (χ4n) is 3.24. The van der Waals surface area contributed by atoms with Crippen molar-refractivity contribution in [1.82, 2.24) is 0 Å². The fourth-order valence-corrected chi connectivity index (χ4v) is 3.24. The largest absolute Gasteiger partial charge is 0.493 e. The molecule has 5 nitrogen and oxygen atoms in total. The average Bonchev–Trinajstić information content (AvgIpc) is 3.12. The summed E-state index contributed by atoms with van der Waals surface area (Å²) in [6.45, 7) is 0.968. The van der Waals surface area contributed by atoms with Gasteiger partial charge >= 0.3 is 5.97 Å². The molecule has 0 radical (unpaired) electrons. The number of ether oxygens (including phenoxy) is 4. The topological polar surface area (TPSA) is 54.0 Å². The van der Waals surface area contributed by atoms with Gasteiger partial charge in [0.2, 0.25) is 0 Å². The van der Waals surface area contributed by atoms with Crippen molar-refractivity contribution < 1.29 is 23.7 Å². The minimum absolute atomic E-state index is 0.282. The molecule has 0 saturated carbocycles. The van der Waals surface area contributed by atoms with Crippen molar-refractivity contribution in [3.8, 4) is 0 Å². The number of carbonyl (C=O) groups excluding carboxylic acids is 1. The first-order valence-corrected chi connectivity index (χ1v) is 10.2. The molecule has 1 aliphatic rings. The van der Waals surface area contributed by atoms with Gasteiger partial charge in [-0.3, -0.25) is 0 Å². The number of cyclic esters (lactones) is 1. The van der Waals surface area contributed by atoms with Crippen molar-refractivity contribution in [2.75, 3.05) is 0 Å². The Balaban J connectivity index is 1.45. The molecule has 31 heavy (non-hydrogen) atoms. The molecule has 0 amide bonds. The zero-order chi connectivity index (χ0) is 21.3. The van der Waals surface area contributed by atoms with Crippen LogP contribution in [0.2, 0.25) is 0 Å². The van der Waals surface area contributed by atoms with E-state index in [0.29, 0.717) is 19.0 Å². The van der Waals surface area contributed by atoms with Crippen molar-refractivity contribution >= 4 is 5.97 Å². The average molecular weight is 416 g/mol. The molecule has 4 rings (SSSR count). The van der Waals surface area contributed by atoms with E-state index in [-0.39, 0.29) is 6.61 Å². The molecule has 2 atom stereocenters. The lowest BCUT2D eigenvalue weighted by atomic mass is 10.2. The maximum Gasteiger partial charge on any atom is 0.343 e. The van der Waals surface area contributed by atoms with Gasteiger partial charge in [0.05, 0.1) is 13.2 Å². The van der Waals surface area contributed by atoms with Crippen LogP contribution in [0.25, 0.3) is 0 Å². The first-order valence-electron chi connectivity index (χ1n) is 10.2. The summed E-state index contributed by atoms with van der Waals surface area (Å²) >= 11 is 0.